The molecule has 2 rings (SSSR count). The van der Waals surface area contributed by atoms with Crippen molar-refractivity contribution < 1.29 is 5.11 Å². The van der Waals surface area contributed by atoms with Crippen LogP contribution >= 0.6 is 23.2 Å². The lowest BCUT2D eigenvalue weighted by molar-refractivity contribution is 0.178. The standard InChI is InChI=1S/C14H12Cl2O/c15-12-5-1-10(2-6-12)9-14(17)11-3-7-13(16)8-4-11/h1-8,14,17H,9H2. The van der Waals surface area contributed by atoms with E-state index in [1.54, 1.807) is 12.1 Å². The highest BCUT2D eigenvalue weighted by Crippen LogP contribution is 2.21. The molecular formula is C14H12Cl2O. The first kappa shape index (κ1) is 12.4. The number of benzene rings is 2. The molecule has 1 atom stereocenters. The van der Waals surface area contributed by atoms with Crippen LogP contribution in [0.4, 0.5) is 0 Å². The second-order valence-corrected chi connectivity index (χ2v) is 4.77. The van der Waals surface area contributed by atoms with Gasteiger partial charge in [0.15, 0.2) is 0 Å². The van der Waals surface area contributed by atoms with Gasteiger partial charge in [0.05, 0.1) is 6.10 Å². The van der Waals surface area contributed by atoms with Gasteiger partial charge in [-0.15, -0.1) is 0 Å². The van der Waals surface area contributed by atoms with E-state index in [4.69, 9.17) is 23.2 Å². The number of hydrogen-bond donors (Lipinski definition) is 1. The third kappa shape index (κ3) is 3.47. The zero-order valence-corrected chi connectivity index (χ0v) is 10.6. The van der Waals surface area contributed by atoms with E-state index in [9.17, 15) is 5.11 Å². The van der Waals surface area contributed by atoms with Gasteiger partial charge >= 0.3 is 0 Å². The Labute approximate surface area is 111 Å². The summed E-state index contributed by atoms with van der Waals surface area (Å²) in [5, 5.41) is 11.4. The first-order valence-corrected chi connectivity index (χ1v) is 6.09. The maximum Gasteiger partial charge on any atom is 0.0830 e. The van der Waals surface area contributed by atoms with Crippen molar-refractivity contribution in [3.05, 3.63) is 69.7 Å². The fourth-order valence-electron chi connectivity index (χ4n) is 1.65. The topological polar surface area (TPSA) is 20.2 Å². The Morgan fingerprint density at radius 1 is 0.824 bits per heavy atom. The summed E-state index contributed by atoms with van der Waals surface area (Å²) >= 11 is 11.6. The molecule has 17 heavy (non-hydrogen) atoms. The molecule has 2 aromatic carbocycles. The highest BCUT2D eigenvalue weighted by atomic mass is 35.5. The zero-order valence-electron chi connectivity index (χ0n) is 9.11. The van der Waals surface area contributed by atoms with E-state index in [1.165, 1.54) is 0 Å². The van der Waals surface area contributed by atoms with Crippen molar-refractivity contribution in [2.75, 3.05) is 0 Å². The molecule has 3 heteroatoms. The Kier molecular flexibility index (Phi) is 4.06. The van der Waals surface area contributed by atoms with Crippen LogP contribution in [0.3, 0.4) is 0 Å². The summed E-state index contributed by atoms with van der Waals surface area (Å²) in [5.74, 6) is 0. The van der Waals surface area contributed by atoms with Gasteiger partial charge in [-0.25, -0.2) is 0 Å². The number of halogens is 2. The van der Waals surface area contributed by atoms with Crippen LogP contribution in [0.15, 0.2) is 48.5 Å². The van der Waals surface area contributed by atoms with Gasteiger partial charge in [-0.2, -0.15) is 0 Å². The molecule has 0 saturated carbocycles. The first-order chi connectivity index (χ1) is 8.15. The van der Waals surface area contributed by atoms with Crippen molar-refractivity contribution in [3.8, 4) is 0 Å². The SMILES string of the molecule is OC(Cc1ccc(Cl)cc1)c1ccc(Cl)cc1. The van der Waals surface area contributed by atoms with Crippen molar-refractivity contribution >= 4 is 23.2 Å². The molecule has 1 N–H and O–H groups in total. The van der Waals surface area contributed by atoms with E-state index < -0.39 is 6.10 Å². The van der Waals surface area contributed by atoms with Crippen molar-refractivity contribution in [2.45, 2.75) is 12.5 Å². The van der Waals surface area contributed by atoms with Crippen LogP contribution in [0.5, 0.6) is 0 Å². The van der Waals surface area contributed by atoms with Gasteiger partial charge in [-0.05, 0) is 35.4 Å². The summed E-state index contributed by atoms with van der Waals surface area (Å²) in [6.07, 6.45) is 0.0483. The van der Waals surface area contributed by atoms with E-state index >= 15 is 0 Å². The van der Waals surface area contributed by atoms with Crippen LogP contribution in [0.1, 0.15) is 17.2 Å². The maximum atomic E-state index is 10.1. The second-order valence-electron chi connectivity index (χ2n) is 3.90. The summed E-state index contributed by atoms with van der Waals surface area (Å²) in [4.78, 5) is 0. The van der Waals surface area contributed by atoms with Gasteiger partial charge in [0.25, 0.3) is 0 Å². The monoisotopic (exact) mass is 266 g/mol. The molecule has 0 radical (unpaired) electrons. The van der Waals surface area contributed by atoms with E-state index in [-0.39, 0.29) is 0 Å². The van der Waals surface area contributed by atoms with E-state index in [0.717, 1.165) is 11.1 Å². The molecule has 0 amide bonds. The van der Waals surface area contributed by atoms with Crippen molar-refractivity contribution in [1.82, 2.24) is 0 Å². The number of aliphatic hydroxyl groups is 1. The first-order valence-electron chi connectivity index (χ1n) is 5.33. The summed E-state index contributed by atoms with van der Waals surface area (Å²) in [5.41, 5.74) is 1.92. The molecule has 0 saturated heterocycles. The maximum absolute atomic E-state index is 10.1. The summed E-state index contributed by atoms with van der Waals surface area (Å²) < 4.78 is 0. The molecule has 2 aromatic rings. The van der Waals surface area contributed by atoms with Crippen LogP contribution in [0, 0.1) is 0 Å². The van der Waals surface area contributed by atoms with Gasteiger partial charge in [-0.3, -0.25) is 0 Å². The number of aliphatic hydroxyl groups excluding tert-OH is 1. The number of hydrogen-bond acceptors (Lipinski definition) is 1. The Balaban J connectivity index is 2.08. The lowest BCUT2D eigenvalue weighted by Gasteiger charge is -2.11. The van der Waals surface area contributed by atoms with Gasteiger partial charge < -0.3 is 5.11 Å². The smallest absolute Gasteiger partial charge is 0.0830 e. The summed E-state index contributed by atoms with van der Waals surface area (Å²) in [6, 6.07) is 14.7. The van der Waals surface area contributed by atoms with Crippen LogP contribution in [0.25, 0.3) is 0 Å². The molecule has 0 aliphatic carbocycles. The summed E-state index contributed by atoms with van der Waals surface area (Å²) in [7, 11) is 0. The third-order valence-electron chi connectivity index (χ3n) is 2.60. The molecule has 0 aliphatic heterocycles. The van der Waals surface area contributed by atoms with Gasteiger partial charge in [0.1, 0.15) is 0 Å². The molecular weight excluding hydrogens is 255 g/mol. The van der Waals surface area contributed by atoms with E-state index in [0.29, 0.717) is 16.5 Å². The van der Waals surface area contributed by atoms with Crippen LogP contribution in [-0.2, 0) is 6.42 Å². The zero-order chi connectivity index (χ0) is 12.3. The Morgan fingerprint density at radius 3 is 1.82 bits per heavy atom. The average Bonchev–Trinajstić information content (AvgIpc) is 2.33. The van der Waals surface area contributed by atoms with Crippen molar-refractivity contribution in [3.63, 3.8) is 0 Å². The lowest BCUT2D eigenvalue weighted by atomic mass is 10.0. The van der Waals surface area contributed by atoms with Crippen molar-refractivity contribution in [1.29, 1.82) is 0 Å². The molecule has 1 unspecified atom stereocenters. The Morgan fingerprint density at radius 2 is 1.29 bits per heavy atom. The molecule has 0 bridgehead atoms. The van der Waals surface area contributed by atoms with Crippen molar-refractivity contribution in [2.24, 2.45) is 0 Å². The predicted molar refractivity (Wildman–Crippen MR) is 71.6 cm³/mol. The highest BCUT2D eigenvalue weighted by Gasteiger charge is 2.08. The quantitative estimate of drug-likeness (QED) is 0.880. The minimum Gasteiger partial charge on any atom is -0.388 e. The lowest BCUT2D eigenvalue weighted by Crippen LogP contribution is -2.01. The second kappa shape index (κ2) is 5.54. The molecule has 0 spiro atoms. The molecule has 88 valence electrons. The molecule has 0 aliphatic rings. The minimum atomic E-state index is -0.520. The van der Waals surface area contributed by atoms with Crippen LogP contribution < -0.4 is 0 Å². The molecule has 0 fully saturated rings. The van der Waals surface area contributed by atoms with E-state index in [2.05, 4.69) is 0 Å². The molecule has 0 heterocycles. The number of rotatable bonds is 3. The normalized spacial score (nSPS) is 12.4. The average molecular weight is 267 g/mol. The fourth-order valence-corrected chi connectivity index (χ4v) is 1.90. The van der Waals surface area contributed by atoms with Gasteiger partial charge in [0, 0.05) is 16.5 Å². The minimum absolute atomic E-state index is 0.520. The highest BCUT2D eigenvalue weighted by molar-refractivity contribution is 6.30. The van der Waals surface area contributed by atoms with Gasteiger partial charge in [-0.1, -0.05) is 47.5 Å². The predicted octanol–water partition coefficient (Wildman–Crippen LogP) is 4.27. The fraction of sp³-hybridized carbons (Fsp3) is 0.143. The van der Waals surface area contributed by atoms with E-state index in [1.807, 2.05) is 36.4 Å². The Bertz CT molecular complexity index is 477. The van der Waals surface area contributed by atoms with Crippen LogP contribution in [0.2, 0.25) is 10.0 Å². The van der Waals surface area contributed by atoms with Gasteiger partial charge in [0.2, 0.25) is 0 Å². The third-order valence-corrected chi connectivity index (χ3v) is 3.10. The molecule has 0 aromatic heterocycles. The molecule has 1 nitrogen and oxygen atoms in total. The largest absolute Gasteiger partial charge is 0.388 e. The van der Waals surface area contributed by atoms with Crippen LogP contribution in [-0.4, -0.2) is 5.11 Å². The Hall–Kier alpha value is -1.02. The summed E-state index contributed by atoms with van der Waals surface area (Å²) in [6.45, 7) is 0.